The molecule has 3 atom stereocenters. The average molecular weight is 590 g/mol. The molecular weight excluding hydrogens is 551 g/mol. The van der Waals surface area contributed by atoms with Crippen molar-refractivity contribution in [3.8, 4) is 0 Å². The number of hydrogen-bond donors (Lipinski definition) is 4. The van der Waals surface area contributed by atoms with E-state index < -0.39 is 6.04 Å². The minimum atomic E-state index is -0.711. The first kappa shape index (κ1) is 31.2. The normalized spacial score (nSPS) is 17.7. The second kappa shape index (κ2) is 14.9. The Labute approximate surface area is 245 Å². The molecule has 216 valence electrons. The molecule has 1 heterocycles. The third-order valence-electron chi connectivity index (χ3n) is 7.06. The predicted octanol–water partition coefficient (Wildman–Crippen LogP) is 3.36. The van der Waals surface area contributed by atoms with Crippen LogP contribution < -0.4 is 16.4 Å². The number of piperazine rings is 1. The topological polar surface area (TPSA) is 132 Å². The largest absolute Gasteiger partial charge is 0.370 e. The van der Waals surface area contributed by atoms with Gasteiger partial charge in [-0.05, 0) is 49.4 Å². The third-order valence-corrected chi connectivity index (χ3v) is 7.64. The van der Waals surface area contributed by atoms with E-state index in [1.807, 2.05) is 48.2 Å². The number of nitrogens with one attached hydrogen (secondary N) is 3. The first-order valence-corrected chi connectivity index (χ1v) is 14.2. The molecule has 9 nitrogen and oxygen atoms in total. The van der Waals surface area contributed by atoms with E-state index in [9.17, 15) is 14.4 Å². The van der Waals surface area contributed by atoms with E-state index in [2.05, 4.69) is 10.6 Å². The van der Waals surface area contributed by atoms with Crippen LogP contribution in [0, 0.1) is 5.41 Å². The number of benzene rings is 2. The summed E-state index contributed by atoms with van der Waals surface area (Å²) in [6.45, 7) is 4.54. The van der Waals surface area contributed by atoms with E-state index in [1.54, 1.807) is 17.0 Å². The van der Waals surface area contributed by atoms with Crippen LogP contribution in [0.5, 0.6) is 0 Å². The molecule has 2 aromatic carbocycles. The van der Waals surface area contributed by atoms with E-state index in [1.165, 1.54) is 6.92 Å². The maximum absolute atomic E-state index is 13.8. The van der Waals surface area contributed by atoms with Crippen LogP contribution in [0.3, 0.4) is 0 Å². The second-order valence-corrected chi connectivity index (χ2v) is 11.0. The van der Waals surface area contributed by atoms with Crippen molar-refractivity contribution in [2.24, 2.45) is 5.73 Å². The fourth-order valence-electron chi connectivity index (χ4n) is 5.06. The van der Waals surface area contributed by atoms with Crippen molar-refractivity contribution in [2.45, 2.75) is 64.1 Å². The fourth-order valence-corrected chi connectivity index (χ4v) is 5.57. The van der Waals surface area contributed by atoms with Crippen LogP contribution in [0.15, 0.2) is 48.5 Å². The van der Waals surface area contributed by atoms with Gasteiger partial charge in [-0.25, -0.2) is 0 Å². The molecule has 0 spiro atoms. The van der Waals surface area contributed by atoms with Crippen LogP contribution in [0.4, 0.5) is 0 Å². The Morgan fingerprint density at radius 2 is 1.82 bits per heavy atom. The van der Waals surface area contributed by atoms with Gasteiger partial charge in [0.2, 0.25) is 17.7 Å². The second-order valence-electron chi connectivity index (χ2n) is 10.2. The third kappa shape index (κ3) is 9.13. The molecule has 3 rings (SSSR count). The number of halogens is 2. The van der Waals surface area contributed by atoms with E-state index in [0.29, 0.717) is 55.4 Å². The van der Waals surface area contributed by atoms with Gasteiger partial charge in [-0.15, -0.1) is 0 Å². The van der Waals surface area contributed by atoms with E-state index >= 15 is 0 Å². The Kier molecular flexibility index (Phi) is 11.6. The highest BCUT2D eigenvalue weighted by Gasteiger charge is 2.38. The summed E-state index contributed by atoms with van der Waals surface area (Å²) < 4.78 is 0. The first-order valence-electron chi connectivity index (χ1n) is 13.5. The standard InChI is InChI=1S/C29H38Cl2N6O3/c1-19-17-37(27(39)13-11-22-10-12-23(30)16-25(22)31)24(9-6-14-34-29(32)33)18-36(19)28(40)26(35-20(2)38)15-21-7-4-3-5-8-21/h3-5,7-8,10,12,16,19,24,26H,6,9,11,13-15,17-18H2,1-2H3,(H,35,38)(H4,32,33,34)/t19-,24+,26-/m1/s1. The van der Waals surface area contributed by atoms with Crippen LogP contribution in [0.25, 0.3) is 0 Å². The number of carbonyl (C=O) groups excluding carboxylic acids is 3. The van der Waals surface area contributed by atoms with Crippen molar-refractivity contribution in [3.05, 3.63) is 69.7 Å². The number of aryl methyl sites for hydroxylation is 1. The Morgan fingerprint density at radius 3 is 2.48 bits per heavy atom. The van der Waals surface area contributed by atoms with Gasteiger partial charge in [-0.1, -0.05) is 59.6 Å². The number of hydrogen-bond acceptors (Lipinski definition) is 4. The SMILES string of the molecule is CC(=O)N[C@H](Cc1ccccc1)C(=O)N1C[C@H](CCCNC(=N)N)N(C(=O)CCc2ccc(Cl)cc2Cl)C[C@H]1C. The summed E-state index contributed by atoms with van der Waals surface area (Å²) in [7, 11) is 0. The van der Waals surface area contributed by atoms with Crippen molar-refractivity contribution in [1.29, 1.82) is 5.41 Å². The van der Waals surface area contributed by atoms with Gasteiger partial charge in [0, 0.05) is 61.5 Å². The quantitative estimate of drug-likeness (QED) is 0.181. The molecule has 2 aromatic rings. The van der Waals surface area contributed by atoms with Crippen LogP contribution >= 0.6 is 23.2 Å². The Balaban J connectivity index is 1.75. The van der Waals surface area contributed by atoms with Gasteiger partial charge in [-0.2, -0.15) is 0 Å². The number of nitrogens with two attached hydrogens (primary N) is 1. The highest BCUT2D eigenvalue weighted by molar-refractivity contribution is 6.35. The summed E-state index contributed by atoms with van der Waals surface area (Å²) in [6.07, 6.45) is 2.40. The molecule has 0 radical (unpaired) electrons. The minimum Gasteiger partial charge on any atom is -0.370 e. The lowest BCUT2D eigenvalue weighted by molar-refractivity contribution is -0.148. The Hall–Kier alpha value is -3.30. The fraction of sp³-hybridized carbons (Fsp3) is 0.448. The molecule has 0 aliphatic carbocycles. The molecule has 40 heavy (non-hydrogen) atoms. The summed E-state index contributed by atoms with van der Waals surface area (Å²) in [5, 5.41) is 14.1. The first-order chi connectivity index (χ1) is 19.0. The summed E-state index contributed by atoms with van der Waals surface area (Å²) in [4.78, 5) is 42.9. The summed E-state index contributed by atoms with van der Waals surface area (Å²) in [5.41, 5.74) is 7.22. The van der Waals surface area contributed by atoms with Gasteiger partial charge < -0.3 is 26.2 Å². The molecule has 0 unspecified atom stereocenters. The van der Waals surface area contributed by atoms with Gasteiger partial charge >= 0.3 is 0 Å². The Morgan fingerprint density at radius 1 is 1.10 bits per heavy atom. The monoisotopic (exact) mass is 588 g/mol. The van der Waals surface area contributed by atoms with Crippen molar-refractivity contribution < 1.29 is 14.4 Å². The number of guanidine groups is 1. The molecule has 11 heteroatoms. The lowest BCUT2D eigenvalue weighted by Crippen LogP contribution is -2.63. The van der Waals surface area contributed by atoms with Crippen molar-refractivity contribution in [2.75, 3.05) is 19.6 Å². The number of rotatable bonds is 11. The van der Waals surface area contributed by atoms with E-state index in [-0.39, 0.29) is 42.2 Å². The maximum Gasteiger partial charge on any atom is 0.245 e. The lowest BCUT2D eigenvalue weighted by atomic mass is 9.98. The zero-order valence-electron chi connectivity index (χ0n) is 23.0. The van der Waals surface area contributed by atoms with Crippen LogP contribution in [-0.4, -0.2) is 71.2 Å². The summed E-state index contributed by atoms with van der Waals surface area (Å²) in [6, 6.07) is 13.6. The molecule has 1 fully saturated rings. The molecule has 1 saturated heterocycles. The number of nitrogens with zero attached hydrogens (tertiary/aromatic N) is 2. The lowest BCUT2D eigenvalue weighted by Gasteiger charge is -2.46. The van der Waals surface area contributed by atoms with E-state index in [4.69, 9.17) is 34.3 Å². The summed E-state index contributed by atoms with van der Waals surface area (Å²) >= 11 is 12.3. The maximum atomic E-state index is 13.8. The molecule has 1 aliphatic heterocycles. The molecule has 3 amide bonds. The van der Waals surface area contributed by atoms with Crippen LogP contribution in [0.1, 0.15) is 44.2 Å². The molecule has 1 aliphatic rings. The predicted molar refractivity (Wildman–Crippen MR) is 158 cm³/mol. The van der Waals surface area contributed by atoms with Crippen molar-refractivity contribution >= 4 is 46.9 Å². The molecule has 0 saturated carbocycles. The van der Waals surface area contributed by atoms with Crippen molar-refractivity contribution in [3.63, 3.8) is 0 Å². The Bertz CT molecular complexity index is 1200. The number of carbonyl (C=O) groups is 3. The van der Waals surface area contributed by atoms with Gasteiger partial charge in [0.1, 0.15) is 6.04 Å². The smallest absolute Gasteiger partial charge is 0.245 e. The highest BCUT2D eigenvalue weighted by Crippen LogP contribution is 2.25. The van der Waals surface area contributed by atoms with Crippen molar-refractivity contribution in [1.82, 2.24) is 20.4 Å². The van der Waals surface area contributed by atoms with Gasteiger partial charge in [0.15, 0.2) is 5.96 Å². The number of amides is 3. The summed E-state index contributed by atoms with van der Waals surface area (Å²) in [5.74, 6) is -0.569. The molecule has 0 aromatic heterocycles. The zero-order chi connectivity index (χ0) is 29.2. The van der Waals surface area contributed by atoms with E-state index in [0.717, 1.165) is 11.1 Å². The van der Waals surface area contributed by atoms with Gasteiger partial charge in [0.25, 0.3) is 0 Å². The van der Waals surface area contributed by atoms with Gasteiger partial charge in [-0.3, -0.25) is 19.8 Å². The molecule has 0 bridgehead atoms. The average Bonchev–Trinajstić information content (AvgIpc) is 2.90. The van der Waals surface area contributed by atoms with Gasteiger partial charge in [0.05, 0.1) is 0 Å². The molecular formula is C29H38Cl2N6O3. The minimum absolute atomic E-state index is 0.0165. The highest BCUT2D eigenvalue weighted by atomic mass is 35.5. The molecule has 5 N–H and O–H groups in total. The van der Waals surface area contributed by atoms with Crippen LogP contribution in [-0.2, 0) is 27.2 Å². The van der Waals surface area contributed by atoms with Crippen LogP contribution in [0.2, 0.25) is 10.0 Å². The zero-order valence-corrected chi connectivity index (χ0v) is 24.5.